The Labute approximate surface area is 99.3 Å². The van der Waals surface area contributed by atoms with Gasteiger partial charge >= 0.3 is 0 Å². The molecule has 0 amide bonds. The molecule has 0 aromatic heterocycles. The minimum atomic E-state index is 0.508. The fourth-order valence-electron chi connectivity index (χ4n) is 2.27. The zero-order chi connectivity index (χ0) is 11.6. The van der Waals surface area contributed by atoms with Gasteiger partial charge in [-0.1, -0.05) is 44.2 Å². The maximum absolute atomic E-state index is 3.79. The molecule has 1 saturated carbocycles. The Morgan fingerprint density at radius 2 is 1.88 bits per heavy atom. The molecular weight excluding hydrogens is 194 g/mol. The summed E-state index contributed by atoms with van der Waals surface area (Å²) in [6.07, 6.45) is 3.92. The highest BCUT2D eigenvalue weighted by Gasteiger charge is 2.42. The molecule has 1 N–H and O–H groups in total. The van der Waals surface area contributed by atoms with Crippen molar-refractivity contribution in [2.45, 2.75) is 52.1 Å². The van der Waals surface area contributed by atoms with E-state index in [9.17, 15) is 0 Å². The number of nitrogens with one attached hydrogen (secondary N) is 1. The van der Waals surface area contributed by atoms with E-state index in [1.807, 2.05) is 0 Å². The molecule has 0 spiro atoms. The van der Waals surface area contributed by atoms with E-state index < -0.39 is 0 Å². The van der Waals surface area contributed by atoms with Gasteiger partial charge in [-0.3, -0.25) is 0 Å². The van der Waals surface area contributed by atoms with Crippen molar-refractivity contribution >= 4 is 0 Å². The van der Waals surface area contributed by atoms with Gasteiger partial charge < -0.3 is 5.32 Å². The van der Waals surface area contributed by atoms with Gasteiger partial charge in [-0.15, -0.1) is 0 Å². The van der Waals surface area contributed by atoms with Crippen molar-refractivity contribution in [1.82, 2.24) is 5.32 Å². The van der Waals surface area contributed by atoms with Crippen LogP contribution in [-0.4, -0.2) is 6.04 Å². The first-order valence-corrected chi connectivity index (χ1v) is 6.47. The molecule has 1 aliphatic rings. The van der Waals surface area contributed by atoms with E-state index >= 15 is 0 Å². The topological polar surface area (TPSA) is 12.0 Å². The van der Waals surface area contributed by atoms with Crippen LogP contribution in [0.2, 0.25) is 0 Å². The lowest BCUT2D eigenvalue weighted by Crippen LogP contribution is -2.36. The van der Waals surface area contributed by atoms with Gasteiger partial charge in [0.05, 0.1) is 0 Å². The van der Waals surface area contributed by atoms with E-state index in [0.29, 0.717) is 17.5 Å². The lowest BCUT2D eigenvalue weighted by atomic mass is 9.97. The van der Waals surface area contributed by atoms with E-state index in [0.717, 1.165) is 6.42 Å². The van der Waals surface area contributed by atoms with Gasteiger partial charge in [0.2, 0.25) is 0 Å². The van der Waals surface area contributed by atoms with Crippen molar-refractivity contribution in [2.24, 2.45) is 5.41 Å². The Hall–Kier alpha value is -0.820. The van der Waals surface area contributed by atoms with Crippen LogP contribution in [0.4, 0.5) is 0 Å². The van der Waals surface area contributed by atoms with Crippen LogP contribution in [0, 0.1) is 5.41 Å². The molecule has 1 aromatic carbocycles. The molecular formula is C15H23N. The van der Waals surface area contributed by atoms with Crippen LogP contribution < -0.4 is 5.32 Å². The summed E-state index contributed by atoms with van der Waals surface area (Å²) in [5.41, 5.74) is 1.98. The lowest BCUT2D eigenvalue weighted by molar-refractivity contribution is 0.336. The normalized spacial score (nSPS) is 21.4. The Bertz CT molecular complexity index is 327. The fourth-order valence-corrected chi connectivity index (χ4v) is 2.27. The third kappa shape index (κ3) is 2.46. The minimum absolute atomic E-state index is 0.508. The quantitative estimate of drug-likeness (QED) is 0.788. The molecule has 1 aromatic rings. The molecule has 1 fully saturated rings. The summed E-state index contributed by atoms with van der Waals surface area (Å²) in [6, 6.07) is 11.9. The minimum Gasteiger partial charge on any atom is -0.307 e. The second kappa shape index (κ2) is 4.58. The van der Waals surface area contributed by atoms with E-state index in [1.165, 1.54) is 18.4 Å². The molecule has 0 radical (unpaired) electrons. The van der Waals surface area contributed by atoms with Crippen molar-refractivity contribution in [3.8, 4) is 0 Å². The van der Waals surface area contributed by atoms with Gasteiger partial charge in [0.25, 0.3) is 0 Å². The number of rotatable bonds is 5. The summed E-state index contributed by atoms with van der Waals surface area (Å²) in [7, 11) is 0. The van der Waals surface area contributed by atoms with Crippen LogP contribution in [0.1, 0.15) is 51.6 Å². The SMILES string of the molecule is CCC(NC(C)C1(C)CC1)c1ccccc1. The van der Waals surface area contributed by atoms with Crippen molar-refractivity contribution in [3.63, 3.8) is 0 Å². The molecule has 0 heterocycles. The average Bonchev–Trinajstić information content (AvgIpc) is 3.06. The number of benzene rings is 1. The van der Waals surface area contributed by atoms with Crippen LogP contribution in [0.5, 0.6) is 0 Å². The van der Waals surface area contributed by atoms with Crippen molar-refractivity contribution in [3.05, 3.63) is 35.9 Å². The third-order valence-electron chi connectivity index (χ3n) is 4.15. The maximum atomic E-state index is 3.79. The molecule has 1 nitrogen and oxygen atoms in total. The Morgan fingerprint density at radius 3 is 2.38 bits per heavy atom. The van der Waals surface area contributed by atoms with Crippen LogP contribution in [0.3, 0.4) is 0 Å². The molecule has 2 unspecified atom stereocenters. The first-order chi connectivity index (χ1) is 7.65. The summed E-state index contributed by atoms with van der Waals surface area (Å²) in [5.74, 6) is 0. The summed E-state index contributed by atoms with van der Waals surface area (Å²) in [5, 5.41) is 3.79. The molecule has 0 saturated heterocycles. The van der Waals surface area contributed by atoms with Gasteiger partial charge in [-0.2, -0.15) is 0 Å². The number of hydrogen-bond acceptors (Lipinski definition) is 1. The molecule has 16 heavy (non-hydrogen) atoms. The van der Waals surface area contributed by atoms with Crippen LogP contribution in [-0.2, 0) is 0 Å². The fraction of sp³-hybridized carbons (Fsp3) is 0.600. The zero-order valence-corrected chi connectivity index (χ0v) is 10.7. The highest BCUT2D eigenvalue weighted by Crippen LogP contribution is 2.48. The largest absolute Gasteiger partial charge is 0.307 e. The van der Waals surface area contributed by atoms with Gasteiger partial charge in [0.1, 0.15) is 0 Å². The van der Waals surface area contributed by atoms with Crippen LogP contribution in [0.15, 0.2) is 30.3 Å². The second-order valence-electron chi connectivity index (χ2n) is 5.41. The van der Waals surface area contributed by atoms with Gasteiger partial charge in [0, 0.05) is 12.1 Å². The van der Waals surface area contributed by atoms with Crippen molar-refractivity contribution in [1.29, 1.82) is 0 Å². The first-order valence-electron chi connectivity index (χ1n) is 6.47. The smallest absolute Gasteiger partial charge is 0.0320 e. The molecule has 2 atom stereocenters. The van der Waals surface area contributed by atoms with Crippen LogP contribution in [0.25, 0.3) is 0 Å². The molecule has 2 rings (SSSR count). The van der Waals surface area contributed by atoms with Crippen molar-refractivity contribution < 1.29 is 0 Å². The molecule has 1 aliphatic carbocycles. The first kappa shape index (κ1) is 11.7. The monoisotopic (exact) mass is 217 g/mol. The van der Waals surface area contributed by atoms with Gasteiger partial charge in [-0.25, -0.2) is 0 Å². The second-order valence-corrected chi connectivity index (χ2v) is 5.41. The summed E-state index contributed by atoms with van der Waals surface area (Å²) < 4.78 is 0. The lowest BCUT2D eigenvalue weighted by Gasteiger charge is -2.27. The highest BCUT2D eigenvalue weighted by molar-refractivity contribution is 5.19. The molecule has 0 bridgehead atoms. The maximum Gasteiger partial charge on any atom is 0.0320 e. The van der Waals surface area contributed by atoms with E-state index in [-0.39, 0.29) is 0 Å². The van der Waals surface area contributed by atoms with Gasteiger partial charge in [0.15, 0.2) is 0 Å². The molecule has 1 heteroatoms. The summed E-state index contributed by atoms with van der Waals surface area (Å²) in [6.45, 7) is 6.98. The van der Waals surface area contributed by atoms with Crippen LogP contribution >= 0.6 is 0 Å². The summed E-state index contributed by atoms with van der Waals surface area (Å²) >= 11 is 0. The highest BCUT2D eigenvalue weighted by atomic mass is 15.0. The standard InChI is InChI=1S/C15H23N/c1-4-14(13-8-6-5-7-9-13)16-12(2)15(3)10-11-15/h5-9,12,14,16H,4,10-11H2,1-3H3. The Kier molecular flexibility index (Phi) is 3.34. The Balaban J connectivity index is 2.01. The predicted octanol–water partition coefficient (Wildman–Crippen LogP) is 3.92. The summed E-state index contributed by atoms with van der Waals surface area (Å²) in [4.78, 5) is 0. The van der Waals surface area contributed by atoms with Crippen molar-refractivity contribution in [2.75, 3.05) is 0 Å². The molecule has 0 aliphatic heterocycles. The third-order valence-corrected chi connectivity index (χ3v) is 4.15. The van der Waals surface area contributed by atoms with E-state index in [2.05, 4.69) is 56.4 Å². The zero-order valence-electron chi connectivity index (χ0n) is 10.7. The average molecular weight is 217 g/mol. The predicted molar refractivity (Wildman–Crippen MR) is 69.4 cm³/mol. The Morgan fingerprint density at radius 1 is 1.25 bits per heavy atom. The van der Waals surface area contributed by atoms with E-state index in [4.69, 9.17) is 0 Å². The van der Waals surface area contributed by atoms with Gasteiger partial charge in [-0.05, 0) is 37.2 Å². The molecule has 88 valence electrons. The number of hydrogen-bond donors (Lipinski definition) is 1. The van der Waals surface area contributed by atoms with E-state index in [1.54, 1.807) is 0 Å².